The zero-order valence-electron chi connectivity index (χ0n) is 24.4. The molecule has 1 fully saturated rings. The summed E-state index contributed by atoms with van der Waals surface area (Å²) in [4.78, 5) is 1.56. The molecule has 43 heavy (non-hydrogen) atoms. The van der Waals surface area contributed by atoms with Gasteiger partial charge in [-0.15, -0.1) is 0 Å². The molecule has 0 amide bonds. The first kappa shape index (κ1) is 33.0. The second-order valence-electron chi connectivity index (χ2n) is 11.7. The Kier molecular flexibility index (Phi) is 9.42. The maximum Gasteiger partial charge on any atom is 0.416 e. The number of nitrogens with zero attached hydrogens (tertiary/aromatic N) is 1. The van der Waals surface area contributed by atoms with Gasteiger partial charge in [-0.1, -0.05) is 19.4 Å². The molecule has 2 aliphatic rings. The number of benzene rings is 2. The van der Waals surface area contributed by atoms with E-state index in [1.165, 1.54) is 0 Å². The molecule has 1 unspecified atom stereocenters. The number of methoxy groups -OCH3 is 1. The Morgan fingerprint density at radius 1 is 1.09 bits per heavy atom. The number of thiocarbonyl (C=S) groups is 1. The van der Waals surface area contributed by atoms with Crippen molar-refractivity contribution in [1.82, 2.24) is 10.2 Å². The van der Waals surface area contributed by atoms with E-state index >= 15 is 0 Å². The van der Waals surface area contributed by atoms with Crippen LogP contribution in [-0.4, -0.2) is 48.3 Å². The number of halogens is 6. The molecule has 3 N–H and O–H groups in total. The van der Waals surface area contributed by atoms with Gasteiger partial charge in [0, 0.05) is 30.9 Å². The van der Waals surface area contributed by atoms with Crippen LogP contribution >= 0.6 is 12.2 Å². The summed E-state index contributed by atoms with van der Waals surface area (Å²) in [5, 5.41) is 17.3. The molecule has 1 saturated heterocycles. The van der Waals surface area contributed by atoms with Gasteiger partial charge in [-0.05, 0) is 91.4 Å². The normalized spacial score (nSPS) is 22.9. The minimum atomic E-state index is -5.00. The number of alkyl halides is 6. The number of ether oxygens (including phenoxy) is 2. The van der Waals surface area contributed by atoms with Gasteiger partial charge in [0.05, 0.1) is 18.2 Å². The van der Waals surface area contributed by atoms with Crippen molar-refractivity contribution in [3.8, 4) is 5.75 Å². The molecule has 1 aliphatic carbocycles. The summed E-state index contributed by atoms with van der Waals surface area (Å²) >= 11 is 5.24. The molecular weight excluding hydrogens is 596 g/mol. The van der Waals surface area contributed by atoms with Gasteiger partial charge >= 0.3 is 12.4 Å². The smallest absolute Gasteiger partial charge is 0.416 e. The summed E-state index contributed by atoms with van der Waals surface area (Å²) in [5.74, 6) is 0.626. The van der Waals surface area contributed by atoms with Gasteiger partial charge in [0.25, 0.3) is 0 Å². The van der Waals surface area contributed by atoms with Crippen LogP contribution in [0.4, 0.5) is 32.0 Å². The lowest BCUT2D eigenvalue weighted by molar-refractivity contribution is -0.150. The first-order chi connectivity index (χ1) is 19.9. The van der Waals surface area contributed by atoms with Crippen LogP contribution in [-0.2, 0) is 17.1 Å². The summed E-state index contributed by atoms with van der Waals surface area (Å²) in [6.45, 7) is 6.04. The fraction of sp³-hybridized carbons (Fsp3) is 0.500. The number of rotatable bonds is 6. The third kappa shape index (κ3) is 7.44. The highest BCUT2D eigenvalue weighted by molar-refractivity contribution is 7.80. The Hall–Kier alpha value is -2.87. The van der Waals surface area contributed by atoms with E-state index in [-0.39, 0.29) is 23.6 Å². The average molecular weight is 632 g/mol. The van der Waals surface area contributed by atoms with Crippen molar-refractivity contribution in [3.05, 3.63) is 64.2 Å². The van der Waals surface area contributed by atoms with Gasteiger partial charge in [0.15, 0.2) is 5.11 Å². The number of allylic oxidation sites excluding steroid dienone is 1. The van der Waals surface area contributed by atoms with E-state index in [1.807, 2.05) is 18.2 Å². The number of hydrogen-bond donors (Lipinski definition) is 3. The minimum absolute atomic E-state index is 0.0815. The zero-order chi connectivity index (χ0) is 31.9. The van der Waals surface area contributed by atoms with Gasteiger partial charge in [-0.3, -0.25) is 0 Å². The topological polar surface area (TPSA) is 66.0 Å². The summed E-state index contributed by atoms with van der Waals surface area (Å²) in [5.41, 5.74) is 0.229. The molecule has 236 valence electrons. The second kappa shape index (κ2) is 12.3. The van der Waals surface area contributed by atoms with Crippen LogP contribution in [0.25, 0.3) is 5.57 Å². The van der Waals surface area contributed by atoms with Crippen LogP contribution in [0.15, 0.2) is 42.0 Å². The molecule has 4 rings (SSSR count). The molecule has 2 aromatic rings. The lowest BCUT2D eigenvalue weighted by atomic mass is 9.72. The maximum atomic E-state index is 13.5. The third-order valence-electron chi connectivity index (χ3n) is 8.01. The minimum Gasteiger partial charge on any atom is -0.496 e. The predicted molar refractivity (Wildman–Crippen MR) is 155 cm³/mol. The van der Waals surface area contributed by atoms with E-state index < -0.39 is 42.0 Å². The number of aliphatic hydroxyl groups excluding tert-OH is 1. The largest absolute Gasteiger partial charge is 0.496 e. The van der Waals surface area contributed by atoms with Crippen LogP contribution in [0.1, 0.15) is 68.4 Å². The van der Waals surface area contributed by atoms with Gasteiger partial charge in [0.2, 0.25) is 6.41 Å². The van der Waals surface area contributed by atoms with E-state index in [2.05, 4.69) is 24.5 Å². The van der Waals surface area contributed by atoms with E-state index in [0.29, 0.717) is 35.8 Å². The van der Waals surface area contributed by atoms with Crippen LogP contribution < -0.4 is 15.4 Å². The lowest BCUT2D eigenvalue weighted by Gasteiger charge is -2.36. The van der Waals surface area contributed by atoms with E-state index in [0.717, 1.165) is 28.8 Å². The van der Waals surface area contributed by atoms with Crippen molar-refractivity contribution in [2.24, 2.45) is 5.41 Å². The van der Waals surface area contributed by atoms with Crippen LogP contribution in [0, 0.1) is 5.41 Å². The first-order valence-corrected chi connectivity index (χ1v) is 14.1. The molecule has 0 aromatic heterocycles. The van der Waals surface area contributed by atoms with Crippen molar-refractivity contribution in [3.63, 3.8) is 0 Å². The molecule has 0 bridgehead atoms. The molecule has 3 atom stereocenters. The SMILES string of the molecule is CNC(=S)Nc1ccc(OC)c(C2=C(CN3C(O)O[C@H](c4cc(C(F)(F)F)cc(C(F)(F)F)c4)[C@@H]3C)CC(C)(C)CC2)c1. The molecule has 1 heterocycles. The summed E-state index contributed by atoms with van der Waals surface area (Å²) in [6.07, 6.45) is -10.6. The van der Waals surface area contributed by atoms with Crippen molar-refractivity contribution in [2.75, 3.05) is 26.0 Å². The standard InChI is InChI=1S/C30H35F6N3O3S/c1-16-25(17-10-19(29(31,32)33)12-20(11-17)30(34,35)36)42-27(40)39(16)15-18-14-28(2,3)9-8-22(18)23-13-21(38-26(43)37-4)6-7-24(23)41-5/h6-7,10-13,16,25,27,40H,8-9,14-15H2,1-5H3,(H2,37,38,43)/t16-,25-,27?/m0/s1. The first-order valence-electron chi connectivity index (χ1n) is 13.7. The fourth-order valence-corrected chi connectivity index (χ4v) is 5.86. The Bertz CT molecular complexity index is 1360. The van der Waals surface area contributed by atoms with Crippen LogP contribution in [0.2, 0.25) is 0 Å². The quantitative estimate of drug-likeness (QED) is 0.228. The molecular formula is C30H35F6N3O3S. The zero-order valence-corrected chi connectivity index (χ0v) is 25.2. The Balaban J connectivity index is 1.73. The molecule has 0 saturated carbocycles. The lowest BCUT2D eigenvalue weighted by Crippen LogP contribution is -2.38. The highest BCUT2D eigenvalue weighted by Gasteiger charge is 2.44. The van der Waals surface area contributed by atoms with Gasteiger partial charge < -0.3 is 25.2 Å². The van der Waals surface area contributed by atoms with Gasteiger partial charge in [0.1, 0.15) is 11.9 Å². The molecule has 6 nitrogen and oxygen atoms in total. The van der Waals surface area contributed by atoms with Crippen LogP contribution in [0.3, 0.4) is 0 Å². The monoisotopic (exact) mass is 631 g/mol. The van der Waals surface area contributed by atoms with Crippen molar-refractivity contribution in [1.29, 1.82) is 0 Å². The van der Waals surface area contributed by atoms with Crippen molar-refractivity contribution in [2.45, 2.75) is 70.9 Å². The molecule has 13 heteroatoms. The predicted octanol–water partition coefficient (Wildman–Crippen LogP) is 7.35. The fourth-order valence-electron chi connectivity index (χ4n) is 5.75. The van der Waals surface area contributed by atoms with E-state index in [4.69, 9.17) is 21.7 Å². The summed E-state index contributed by atoms with van der Waals surface area (Å²) in [6, 6.07) is 6.20. The molecule has 2 aromatic carbocycles. The van der Waals surface area contributed by atoms with Crippen molar-refractivity contribution >= 4 is 28.6 Å². The van der Waals surface area contributed by atoms with Crippen molar-refractivity contribution < 1.29 is 40.9 Å². The van der Waals surface area contributed by atoms with E-state index in [1.54, 1.807) is 26.0 Å². The Labute approximate surface area is 252 Å². The summed E-state index contributed by atoms with van der Waals surface area (Å²) in [7, 11) is 3.26. The molecule has 0 radical (unpaired) electrons. The summed E-state index contributed by atoms with van der Waals surface area (Å²) < 4.78 is 92.5. The second-order valence-corrected chi connectivity index (χ2v) is 12.1. The highest BCUT2D eigenvalue weighted by atomic mass is 32.1. The third-order valence-corrected chi connectivity index (χ3v) is 8.31. The number of aliphatic hydroxyl groups is 1. The Morgan fingerprint density at radius 3 is 2.28 bits per heavy atom. The van der Waals surface area contributed by atoms with E-state index in [9.17, 15) is 31.4 Å². The van der Waals surface area contributed by atoms with Gasteiger partial charge in [-0.25, -0.2) is 4.90 Å². The number of hydrogen-bond acceptors (Lipinski definition) is 5. The molecule has 0 spiro atoms. The number of anilines is 1. The Morgan fingerprint density at radius 2 is 1.72 bits per heavy atom. The highest BCUT2D eigenvalue weighted by Crippen LogP contribution is 2.47. The molecule has 1 aliphatic heterocycles. The maximum absolute atomic E-state index is 13.5. The van der Waals surface area contributed by atoms with Crippen LogP contribution in [0.5, 0.6) is 5.75 Å². The van der Waals surface area contributed by atoms with Gasteiger partial charge in [-0.2, -0.15) is 26.3 Å². The number of nitrogens with one attached hydrogen (secondary N) is 2. The average Bonchev–Trinajstić information content (AvgIpc) is 3.20.